The molecule has 4 nitrogen and oxygen atoms in total. The number of rotatable bonds is 3. The molecule has 0 radical (unpaired) electrons. The summed E-state index contributed by atoms with van der Waals surface area (Å²) in [6.45, 7) is 0. The zero-order valence-corrected chi connectivity index (χ0v) is 8.69. The Balaban J connectivity index is 2.13. The van der Waals surface area contributed by atoms with Crippen LogP contribution in [0, 0.1) is 0 Å². The molecule has 2 rings (SSSR count). The summed E-state index contributed by atoms with van der Waals surface area (Å²) in [5.41, 5.74) is 7.85. The number of amides is 2. The predicted molar refractivity (Wildman–Crippen MR) is 61.6 cm³/mol. The van der Waals surface area contributed by atoms with Gasteiger partial charge in [-0.3, -0.25) is 9.59 Å². The molecule has 1 aliphatic heterocycles. The Morgan fingerprint density at radius 3 is 3.06 bits per heavy atom. The minimum Gasteiger partial charge on any atom is -0.369 e. The van der Waals surface area contributed by atoms with Crippen LogP contribution in [0.25, 0.3) is 6.08 Å². The number of fused-ring (bicyclic) bond motifs is 1. The third-order valence-corrected chi connectivity index (χ3v) is 2.38. The van der Waals surface area contributed by atoms with Crippen LogP contribution in [-0.4, -0.2) is 11.8 Å². The van der Waals surface area contributed by atoms with E-state index in [0.29, 0.717) is 6.42 Å². The number of carbonyl (C=O) groups is 2. The summed E-state index contributed by atoms with van der Waals surface area (Å²) in [4.78, 5) is 21.7. The fraction of sp³-hybridized carbons (Fsp3) is 0.167. The van der Waals surface area contributed by atoms with Crippen molar-refractivity contribution in [2.45, 2.75) is 12.8 Å². The lowest BCUT2D eigenvalue weighted by atomic mass is 10.1. The lowest BCUT2D eigenvalue weighted by Crippen LogP contribution is -2.07. The fourth-order valence-electron chi connectivity index (χ4n) is 1.66. The van der Waals surface area contributed by atoms with E-state index in [9.17, 15) is 9.59 Å². The zero-order chi connectivity index (χ0) is 11.5. The van der Waals surface area contributed by atoms with Crippen molar-refractivity contribution in [1.82, 2.24) is 0 Å². The number of carbonyl (C=O) groups excluding carboxylic acids is 2. The van der Waals surface area contributed by atoms with Crippen LogP contribution in [0.1, 0.15) is 17.5 Å². The second-order valence-electron chi connectivity index (χ2n) is 3.71. The van der Waals surface area contributed by atoms with Crippen LogP contribution in [0.2, 0.25) is 0 Å². The van der Waals surface area contributed by atoms with E-state index in [1.807, 2.05) is 24.3 Å². The molecule has 0 saturated heterocycles. The molecule has 0 unspecified atom stereocenters. The Bertz CT molecular complexity index is 478. The van der Waals surface area contributed by atoms with E-state index < -0.39 is 0 Å². The summed E-state index contributed by atoms with van der Waals surface area (Å²) >= 11 is 0. The first-order chi connectivity index (χ1) is 7.65. The van der Waals surface area contributed by atoms with Crippen LogP contribution in [0.3, 0.4) is 0 Å². The lowest BCUT2D eigenvalue weighted by Gasteiger charge is -1.99. The van der Waals surface area contributed by atoms with Crippen molar-refractivity contribution in [1.29, 1.82) is 0 Å². The summed E-state index contributed by atoms with van der Waals surface area (Å²) in [7, 11) is 0. The van der Waals surface area contributed by atoms with Crippen molar-refractivity contribution in [3.63, 3.8) is 0 Å². The predicted octanol–water partition coefficient (Wildman–Crippen LogP) is 1.07. The van der Waals surface area contributed by atoms with Gasteiger partial charge in [-0.05, 0) is 23.3 Å². The molecular formula is C12H12N2O2. The Morgan fingerprint density at radius 2 is 2.31 bits per heavy atom. The summed E-state index contributed by atoms with van der Waals surface area (Å²) in [6.07, 6.45) is 4.20. The fourth-order valence-corrected chi connectivity index (χ4v) is 1.66. The third kappa shape index (κ3) is 2.28. The molecule has 0 atom stereocenters. The molecule has 1 heterocycles. The van der Waals surface area contributed by atoms with Crippen LogP contribution in [0.4, 0.5) is 5.69 Å². The van der Waals surface area contributed by atoms with E-state index in [4.69, 9.17) is 5.73 Å². The summed E-state index contributed by atoms with van der Waals surface area (Å²) in [5.74, 6) is -0.331. The van der Waals surface area contributed by atoms with Gasteiger partial charge in [0.25, 0.3) is 0 Å². The molecule has 16 heavy (non-hydrogen) atoms. The molecule has 0 spiro atoms. The topological polar surface area (TPSA) is 72.2 Å². The molecule has 1 aromatic carbocycles. The maximum atomic E-state index is 11.1. The molecule has 4 heteroatoms. The van der Waals surface area contributed by atoms with Gasteiger partial charge in [0.2, 0.25) is 11.8 Å². The highest BCUT2D eigenvalue weighted by Gasteiger charge is 2.16. The summed E-state index contributed by atoms with van der Waals surface area (Å²) < 4.78 is 0. The van der Waals surface area contributed by atoms with E-state index in [1.165, 1.54) is 0 Å². The smallest absolute Gasteiger partial charge is 0.228 e. The molecule has 0 aliphatic carbocycles. The first kappa shape index (κ1) is 10.4. The number of hydrogen-bond donors (Lipinski definition) is 2. The molecule has 3 N–H and O–H groups in total. The van der Waals surface area contributed by atoms with Gasteiger partial charge >= 0.3 is 0 Å². The Hall–Kier alpha value is -2.10. The number of primary amides is 1. The maximum absolute atomic E-state index is 11.1. The number of nitrogens with one attached hydrogen (secondary N) is 1. The molecule has 0 bridgehead atoms. The van der Waals surface area contributed by atoms with Crippen molar-refractivity contribution in [2.75, 3.05) is 5.32 Å². The maximum Gasteiger partial charge on any atom is 0.228 e. The largest absolute Gasteiger partial charge is 0.369 e. The summed E-state index contributed by atoms with van der Waals surface area (Å²) in [6, 6.07) is 5.69. The number of anilines is 1. The van der Waals surface area contributed by atoms with E-state index in [2.05, 4.69) is 5.32 Å². The number of hydrogen-bond acceptors (Lipinski definition) is 2. The van der Waals surface area contributed by atoms with Crippen molar-refractivity contribution in [3.05, 3.63) is 35.4 Å². The van der Waals surface area contributed by atoms with Gasteiger partial charge < -0.3 is 11.1 Å². The third-order valence-electron chi connectivity index (χ3n) is 2.38. The van der Waals surface area contributed by atoms with Crippen molar-refractivity contribution in [3.8, 4) is 0 Å². The van der Waals surface area contributed by atoms with Gasteiger partial charge in [-0.1, -0.05) is 18.2 Å². The zero-order valence-electron chi connectivity index (χ0n) is 8.69. The van der Waals surface area contributed by atoms with Gasteiger partial charge in [0.15, 0.2) is 0 Å². The second-order valence-corrected chi connectivity index (χ2v) is 3.71. The highest BCUT2D eigenvalue weighted by molar-refractivity contribution is 5.99. The lowest BCUT2D eigenvalue weighted by molar-refractivity contribution is -0.117. The summed E-state index contributed by atoms with van der Waals surface area (Å²) in [5, 5.41) is 2.76. The molecular weight excluding hydrogens is 204 g/mol. The Kier molecular flexibility index (Phi) is 2.72. The minimum atomic E-state index is -0.353. The van der Waals surface area contributed by atoms with Gasteiger partial charge in [0, 0.05) is 12.1 Å². The van der Waals surface area contributed by atoms with Crippen LogP contribution >= 0.6 is 0 Å². The Labute approximate surface area is 93.1 Å². The van der Waals surface area contributed by atoms with Gasteiger partial charge in [-0.15, -0.1) is 0 Å². The van der Waals surface area contributed by atoms with E-state index in [-0.39, 0.29) is 18.2 Å². The first-order valence-electron chi connectivity index (χ1n) is 5.03. The Morgan fingerprint density at radius 1 is 1.50 bits per heavy atom. The highest BCUT2D eigenvalue weighted by Crippen LogP contribution is 2.24. The van der Waals surface area contributed by atoms with E-state index in [0.717, 1.165) is 16.8 Å². The van der Waals surface area contributed by atoms with Gasteiger partial charge in [0.1, 0.15) is 0 Å². The molecule has 82 valence electrons. The van der Waals surface area contributed by atoms with Gasteiger partial charge in [-0.25, -0.2) is 0 Å². The molecule has 0 aromatic heterocycles. The second kappa shape index (κ2) is 4.18. The highest BCUT2D eigenvalue weighted by atomic mass is 16.2. The molecule has 2 amide bonds. The SMILES string of the molecule is NC(=O)CC=Cc1ccc2c(c1)CC(=O)N2. The molecule has 0 saturated carbocycles. The average molecular weight is 216 g/mol. The van der Waals surface area contributed by atoms with Crippen molar-refractivity contribution in [2.24, 2.45) is 5.73 Å². The normalized spacial score (nSPS) is 13.9. The molecule has 1 aromatic rings. The average Bonchev–Trinajstić information content (AvgIpc) is 2.56. The monoisotopic (exact) mass is 216 g/mol. The first-order valence-corrected chi connectivity index (χ1v) is 5.03. The minimum absolute atomic E-state index is 0.0215. The van der Waals surface area contributed by atoms with Crippen LogP contribution < -0.4 is 11.1 Å². The van der Waals surface area contributed by atoms with Crippen molar-refractivity contribution < 1.29 is 9.59 Å². The van der Waals surface area contributed by atoms with Crippen molar-refractivity contribution >= 4 is 23.6 Å². The molecule has 1 aliphatic rings. The van der Waals surface area contributed by atoms with Crippen LogP contribution in [0.15, 0.2) is 24.3 Å². The van der Waals surface area contributed by atoms with Crippen LogP contribution in [0.5, 0.6) is 0 Å². The van der Waals surface area contributed by atoms with Gasteiger partial charge in [0.05, 0.1) is 6.42 Å². The number of benzene rings is 1. The van der Waals surface area contributed by atoms with E-state index in [1.54, 1.807) is 6.08 Å². The van der Waals surface area contributed by atoms with Gasteiger partial charge in [-0.2, -0.15) is 0 Å². The quantitative estimate of drug-likeness (QED) is 0.793. The standard InChI is InChI=1S/C12H12N2O2/c13-11(15)3-1-2-8-4-5-10-9(6-8)7-12(16)14-10/h1-2,4-6H,3,7H2,(H2,13,15)(H,14,16). The number of nitrogens with two attached hydrogens (primary N) is 1. The molecule has 0 fully saturated rings. The van der Waals surface area contributed by atoms with E-state index >= 15 is 0 Å². The van der Waals surface area contributed by atoms with Crippen LogP contribution in [-0.2, 0) is 16.0 Å².